The molecule has 1 saturated heterocycles. The fourth-order valence-corrected chi connectivity index (χ4v) is 3.79. The van der Waals surface area contributed by atoms with Crippen molar-refractivity contribution in [3.8, 4) is 10.6 Å². The van der Waals surface area contributed by atoms with E-state index in [1.165, 1.54) is 11.3 Å². The molecular weight excluding hydrogens is 306 g/mol. The Labute approximate surface area is 130 Å². The van der Waals surface area contributed by atoms with Crippen LogP contribution in [-0.4, -0.2) is 40.3 Å². The molecule has 1 N–H and O–H groups in total. The van der Waals surface area contributed by atoms with Crippen molar-refractivity contribution < 1.29 is 9.59 Å². The maximum atomic E-state index is 12.6. The highest BCUT2D eigenvalue weighted by atomic mass is 32.1. The predicted octanol–water partition coefficient (Wildman–Crippen LogP) is 2.22. The van der Waals surface area contributed by atoms with Crippen LogP contribution in [0.4, 0.5) is 0 Å². The third-order valence-corrected chi connectivity index (χ3v) is 5.16. The Bertz CT molecular complexity index is 676. The van der Waals surface area contributed by atoms with Crippen LogP contribution in [0.1, 0.15) is 24.3 Å². The first-order chi connectivity index (χ1) is 10.00. The summed E-state index contributed by atoms with van der Waals surface area (Å²) in [5, 5.41) is 9.37. The lowest BCUT2D eigenvalue weighted by Crippen LogP contribution is -2.63. The minimum absolute atomic E-state index is 0.129. The SMILES string of the molecule is CC1(C)C(=O)NCCN1C(=O)c1csc(-c2ccsc2)n1. The van der Waals surface area contributed by atoms with E-state index in [2.05, 4.69) is 10.3 Å². The molecule has 0 saturated carbocycles. The molecule has 2 aromatic heterocycles. The van der Waals surface area contributed by atoms with Crippen molar-refractivity contribution >= 4 is 34.5 Å². The molecule has 7 heteroatoms. The lowest BCUT2D eigenvalue weighted by molar-refractivity contribution is -0.133. The van der Waals surface area contributed by atoms with Gasteiger partial charge in [0.15, 0.2) is 0 Å². The molecule has 0 aliphatic carbocycles. The maximum Gasteiger partial charge on any atom is 0.274 e. The molecule has 21 heavy (non-hydrogen) atoms. The highest BCUT2D eigenvalue weighted by Crippen LogP contribution is 2.27. The average Bonchev–Trinajstić information content (AvgIpc) is 3.10. The van der Waals surface area contributed by atoms with E-state index in [4.69, 9.17) is 0 Å². The summed E-state index contributed by atoms with van der Waals surface area (Å²) in [4.78, 5) is 30.6. The molecule has 0 bridgehead atoms. The monoisotopic (exact) mass is 321 g/mol. The number of rotatable bonds is 2. The molecule has 1 fully saturated rings. The van der Waals surface area contributed by atoms with Crippen LogP contribution in [0, 0.1) is 0 Å². The summed E-state index contributed by atoms with van der Waals surface area (Å²) in [5.41, 5.74) is 0.588. The van der Waals surface area contributed by atoms with Gasteiger partial charge >= 0.3 is 0 Å². The Kier molecular flexibility index (Phi) is 3.54. The van der Waals surface area contributed by atoms with Crippen molar-refractivity contribution in [3.63, 3.8) is 0 Å². The normalized spacial score (nSPS) is 17.6. The third kappa shape index (κ3) is 2.47. The third-order valence-electron chi connectivity index (χ3n) is 3.59. The van der Waals surface area contributed by atoms with Crippen molar-refractivity contribution in [1.82, 2.24) is 15.2 Å². The predicted molar refractivity (Wildman–Crippen MR) is 83.6 cm³/mol. The molecule has 110 valence electrons. The molecule has 2 aromatic rings. The smallest absolute Gasteiger partial charge is 0.274 e. The van der Waals surface area contributed by atoms with Gasteiger partial charge in [-0.05, 0) is 25.3 Å². The minimum atomic E-state index is -0.846. The molecule has 0 radical (unpaired) electrons. The van der Waals surface area contributed by atoms with Crippen LogP contribution in [-0.2, 0) is 4.79 Å². The topological polar surface area (TPSA) is 62.3 Å². The maximum absolute atomic E-state index is 12.6. The number of carbonyl (C=O) groups excluding carboxylic acids is 2. The molecule has 1 aliphatic rings. The number of nitrogens with one attached hydrogen (secondary N) is 1. The van der Waals surface area contributed by atoms with Gasteiger partial charge in [0.05, 0.1) is 0 Å². The van der Waals surface area contributed by atoms with Crippen LogP contribution in [0.5, 0.6) is 0 Å². The second-order valence-electron chi connectivity index (χ2n) is 5.32. The largest absolute Gasteiger partial charge is 0.352 e. The fraction of sp³-hybridized carbons (Fsp3) is 0.357. The van der Waals surface area contributed by atoms with Gasteiger partial charge in [0.1, 0.15) is 16.2 Å². The summed E-state index contributed by atoms with van der Waals surface area (Å²) in [5.74, 6) is -0.317. The molecule has 3 heterocycles. The lowest BCUT2D eigenvalue weighted by Gasteiger charge is -2.40. The van der Waals surface area contributed by atoms with Gasteiger partial charge in [0, 0.05) is 29.4 Å². The highest BCUT2D eigenvalue weighted by molar-refractivity contribution is 7.14. The minimum Gasteiger partial charge on any atom is -0.352 e. The highest BCUT2D eigenvalue weighted by Gasteiger charge is 2.41. The summed E-state index contributed by atoms with van der Waals surface area (Å²) in [6.45, 7) is 4.50. The Morgan fingerprint density at radius 1 is 1.43 bits per heavy atom. The molecular formula is C14H15N3O2S2. The van der Waals surface area contributed by atoms with Crippen LogP contribution < -0.4 is 5.32 Å². The first-order valence-electron chi connectivity index (χ1n) is 6.58. The van der Waals surface area contributed by atoms with Gasteiger partial charge in [-0.15, -0.1) is 11.3 Å². The van der Waals surface area contributed by atoms with Crippen LogP contribution in [0.2, 0.25) is 0 Å². The molecule has 5 nitrogen and oxygen atoms in total. The van der Waals surface area contributed by atoms with Gasteiger partial charge in [0.2, 0.25) is 5.91 Å². The number of amides is 2. The molecule has 0 atom stereocenters. The van der Waals surface area contributed by atoms with E-state index in [9.17, 15) is 9.59 Å². The Morgan fingerprint density at radius 2 is 2.24 bits per heavy atom. The van der Waals surface area contributed by atoms with E-state index >= 15 is 0 Å². The first-order valence-corrected chi connectivity index (χ1v) is 8.41. The molecule has 0 spiro atoms. The van der Waals surface area contributed by atoms with Gasteiger partial charge in [-0.1, -0.05) is 0 Å². The van der Waals surface area contributed by atoms with Gasteiger partial charge < -0.3 is 10.2 Å². The number of piperazine rings is 1. The van der Waals surface area contributed by atoms with Crippen molar-refractivity contribution in [2.45, 2.75) is 19.4 Å². The summed E-state index contributed by atoms with van der Waals surface area (Å²) in [7, 11) is 0. The molecule has 0 unspecified atom stereocenters. The van der Waals surface area contributed by atoms with Crippen LogP contribution in [0.25, 0.3) is 10.6 Å². The quantitative estimate of drug-likeness (QED) is 0.922. The number of carbonyl (C=O) groups is 2. The molecule has 1 aliphatic heterocycles. The first kappa shape index (κ1) is 14.2. The van der Waals surface area contributed by atoms with E-state index in [1.54, 1.807) is 35.5 Å². The zero-order chi connectivity index (χ0) is 15.0. The lowest BCUT2D eigenvalue weighted by atomic mass is 9.98. The second kappa shape index (κ2) is 5.23. The van der Waals surface area contributed by atoms with Crippen LogP contribution >= 0.6 is 22.7 Å². The number of thiazole rings is 1. The summed E-state index contributed by atoms with van der Waals surface area (Å²) < 4.78 is 0. The van der Waals surface area contributed by atoms with Crippen LogP contribution in [0.3, 0.4) is 0 Å². The average molecular weight is 321 g/mol. The Hall–Kier alpha value is -1.73. The number of aromatic nitrogens is 1. The van der Waals surface area contributed by atoms with Crippen molar-refractivity contribution in [1.29, 1.82) is 0 Å². The molecule has 0 aromatic carbocycles. The second-order valence-corrected chi connectivity index (χ2v) is 6.96. The van der Waals surface area contributed by atoms with E-state index < -0.39 is 5.54 Å². The van der Waals surface area contributed by atoms with E-state index in [1.807, 2.05) is 16.8 Å². The number of hydrogen-bond acceptors (Lipinski definition) is 5. The van der Waals surface area contributed by atoms with Crippen molar-refractivity contribution in [3.05, 3.63) is 27.9 Å². The Balaban J connectivity index is 1.87. The van der Waals surface area contributed by atoms with E-state index in [0.29, 0.717) is 18.8 Å². The van der Waals surface area contributed by atoms with Gasteiger partial charge in [0.25, 0.3) is 5.91 Å². The van der Waals surface area contributed by atoms with Gasteiger partial charge in [-0.2, -0.15) is 11.3 Å². The van der Waals surface area contributed by atoms with E-state index in [-0.39, 0.29) is 11.8 Å². The zero-order valence-electron chi connectivity index (χ0n) is 11.8. The summed E-state index contributed by atoms with van der Waals surface area (Å²) in [6, 6.07) is 1.98. The van der Waals surface area contributed by atoms with Crippen molar-refractivity contribution in [2.24, 2.45) is 0 Å². The zero-order valence-corrected chi connectivity index (χ0v) is 13.4. The summed E-state index contributed by atoms with van der Waals surface area (Å²) in [6.07, 6.45) is 0. The number of thiophene rings is 1. The van der Waals surface area contributed by atoms with Crippen LogP contribution in [0.15, 0.2) is 22.2 Å². The standard InChI is InChI=1S/C14H15N3O2S2/c1-14(2)13(19)15-4-5-17(14)12(18)10-8-21-11(16-10)9-3-6-20-7-9/h3,6-8H,4-5H2,1-2H3,(H,15,19). The van der Waals surface area contributed by atoms with Crippen molar-refractivity contribution in [2.75, 3.05) is 13.1 Å². The number of hydrogen-bond donors (Lipinski definition) is 1. The summed E-state index contributed by atoms with van der Waals surface area (Å²) >= 11 is 3.05. The van der Waals surface area contributed by atoms with E-state index in [0.717, 1.165) is 10.6 Å². The number of nitrogens with zero attached hydrogens (tertiary/aromatic N) is 2. The molecule has 3 rings (SSSR count). The molecule has 2 amide bonds. The fourth-order valence-electron chi connectivity index (χ4n) is 2.28. The Morgan fingerprint density at radius 3 is 2.95 bits per heavy atom. The van der Waals surface area contributed by atoms with Gasteiger partial charge in [-0.25, -0.2) is 4.98 Å². The van der Waals surface area contributed by atoms with Gasteiger partial charge in [-0.3, -0.25) is 9.59 Å².